The van der Waals surface area contributed by atoms with Gasteiger partial charge in [-0.05, 0) is 41.8 Å². The molecule has 0 aliphatic heterocycles. The van der Waals surface area contributed by atoms with Crippen LogP contribution in [0.4, 0.5) is 0 Å². The van der Waals surface area contributed by atoms with E-state index in [2.05, 4.69) is 28.5 Å². The van der Waals surface area contributed by atoms with Crippen LogP contribution in [-0.4, -0.2) is 55.5 Å². The molecule has 0 amide bonds. The van der Waals surface area contributed by atoms with Crippen LogP contribution in [-0.2, 0) is 28.5 Å². The number of ether oxygens (including phenoxy) is 4. The van der Waals surface area contributed by atoms with Gasteiger partial charge in [0.05, 0.1) is 6.10 Å². The smallest absolute Gasteiger partial charge is 0.238 e. The topological polar surface area (TPSA) is 71.1 Å². The van der Waals surface area contributed by atoms with Crippen molar-refractivity contribution in [1.29, 1.82) is 0 Å². The van der Waals surface area contributed by atoms with Gasteiger partial charge < -0.3 is 18.9 Å². The number of hydrogen-bond donors (Lipinski definition) is 0. The van der Waals surface area contributed by atoms with E-state index in [0.29, 0.717) is 5.57 Å². The molecule has 162 valence electrons. The minimum Gasteiger partial charge on any atom is -0.359 e. The van der Waals surface area contributed by atoms with E-state index in [1.54, 1.807) is 19.9 Å². The fraction of sp³-hybridized carbons (Fsp3) is 0.636. The Labute approximate surface area is 187 Å². The van der Waals surface area contributed by atoms with Gasteiger partial charge in [-0.1, -0.05) is 42.5 Å². The molecule has 1 aliphatic rings. The first-order valence-electron chi connectivity index (χ1n) is 9.46. The van der Waals surface area contributed by atoms with E-state index in [-0.39, 0.29) is 25.8 Å². The van der Waals surface area contributed by atoms with Gasteiger partial charge in [0, 0.05) is 31.6 Å². The third-order valence-corrected chi connectivity index (χ3v) is 6.08. The normalized spacial score (nSPS) is 24.0. The van der Waals surface area contributed by atoms with Crippen LogP contribution >= 0.6 is 22.6 Å². The van der Waals surface area contributed by atoms with Gasteiger partial charge in [0.2, 0.25) is 5.78 Å². The number of unbranched alkanes of at least 4 members (excludes halogenated alkanes) is 1. The number of methoxy groups -OCH3 is 2. The third kappa shape index (κ3) is 5.76. The van der Waals surface area contributed by atoms with Crippen LogP contribution in [0.5, 0.6) is 0 Å². The highest BCUT2D eigenvalue weighted by Crippen LogP contribution is 2.51. The summed E-state index contributed by atoms with van der Waals surface area (Å²) in [4.78, 5) is 26.1. The molecular weight excluding hydrogens is 487 g/mol. The zero-order valence-electron chi connectivity index (χ0n) is 17.9. The van der Waals surface area contributed by atoms with Crippen molar-refractivity contribution in [3.63, 3.8) is 0 Å². The highest BCUT2D eigenvalue weighted by atomic mass is 127. The minimum absolute atomic E-state index is 0.0139. The molecule has 1 rings (SSSR count). The van der Waals surface area contributed by atoms with Crippen LogP contribution in [0.3, 0.4) is 0 Å². The van der Waals surface area contributed by atoms with Crippen LogP contribution in [0.2, 0.25) is 0 Å². The van der Waals surface area contributed by atoms with Crippen LogP contribution in [0.25, 0.3) is 0 Å². The van der Waals surface area contributed by atoms with E-state index >= 15 is 0 Å². The standard InChI is InChI=1S/C22H31IO6/c1-7-19(25)22(29-15-27-6)13-18(28-14-26-5)16(2)20(21(22,3)4)17(24)11-9-8-10-12-23/h1,9,11,18H,8,10,12-15H2,2-6H3/b11-9+/t18-,22+/m0/s1. The maximum atomic E-state index is 13.2. The number of alkyl halides is 1. The second-order valence-electron chi connectivity index (χ2n) is 7.40. The SMILES string of the molecule is C#CC(=O)[C@]1(OCOC)C[C@H](OCOC)C(C)=C(C(=O)/C=C/CCCI)C1(C)C. The number of halogens is 1. The van der Waals surface area contributed by atoms with Gasteiger partial charge in [-0.3, -0.25) is 9.59 Å². The summed E-state index contributed by atoms with van der Waals surface area (Å²) >= 11 is 2.30. The lowest BCUT2D eigenvalue weighted by Gasteiger charge is -2.50. The van der Waals surface area contributed by atoms with Crippen LogP contribution in [0.1, 0.15) is 40.0 Å². The van der Waals surface area contributed by atoms with Crippen molar-refractivity contribution < 1.29 is 28.5 Å². The average molecular weight is 518 g/mol. The van der Waals surface area contributed by atoms with E-state index in [4.69, 9.17) is 25.4 Å². The Morgan fingerprint density at radius 3 is 2.48 bits per heavy atom. The second-order valence-corrected chi connectivity index (χ2v) is 8.48. The minimum atomic E-state index is -1.46. The number of allylic oxidation sites excluding steroid dienone is 2. The largest absolute Gasteiger partial charge is 0.359 e. The molecule has 0 aromatic heterocycles. The Kier molecular flexibility index (Phi) is 10.7. The van der Waals surface area contributed by atoms with Gasteiger partial charge in [-0.2, -0.15) is 0 Å². The first-order chi connectivity index (χ1) is 13.7. The molecule has 0 aromatic carbocycles. The van der Waals surface area contributed by atoms with Gasteiger partial charge in [0.15, 0.2) is 11.4 Å². The maximum Gasteiger partial charge on any atom is 0.238 e. The lowest BCUT2D eigenvalue weighted by Crippen LogP contribution is -2.60. The molecule has 0 radical (unpaired) electrons. The number of rotatable bonds is 12. The lowest BCUT2D eigenvalue weighted by molar-refractivity contribution is -0.197. The summed E-state index contributed by atoms with van der Waals surface area (Å²) < 4.78 is 22.8. The number of Topliss-reactive ketones (excluding diaryl/α,β-unsaturated/α-hetero) is 1. The zero-order valence-corrected chi connectivity index (χ0v) is 20.0. The molecule has 0 saturated carbocycles. The Morgan fingerprint density at radius 1 is 1.28 bits per heavy atom. The van der Waals surface area contributed by atoms with Gasteiger partial charge in [-0.25, -0.2) is 0 Å². The van der Waals surface area contributed by atoms with Gasteiger partial charge in [0.1, 0.15) is 13.6 Å². The maximum absolute atomic E-state index is 13.2. The molecule has 0 unspecified atom stereocenters. The molecule has 7 heteroatoms. The number of hydrogen-bond acceptors (Lipinski definition) is 6. The summed E-state index contributed by atoms with van der Waals surface area (Å²) in [6, 6.07) is 0. The Hall–Kier alpha value is -1.05. The van der Waals surface area contributed by atoms with Crippen molar-refractivity contribution >= 4 is 34.2 Å². The van der Waals surface area contributed by atoms with Crippen LogP contribution in [0, 0.1) is 17.8 Å². The van der Waals surface area contributed by atoms with Crippen LogP contribution in [0.15, 0.2) is 23.3 Å². The fourth-order valence-corrected chi connectivity index (χ4v) is 4.23. The highest BCUT2D eigenvalue weighted by Gasteiger charge is 2.59. The van der Waals surface area contributed by atoms with Crippen molar-refractivity contribution in [2.45, 2.75) is 51.7 Å². The predicted molar refractivity (Wildman–Crippen MR) is 120 cm³/mol. The molecule has 0 N–H and O–H groups in total. The van der Waals surface area contributed by atoms with Gasteiger partial charge >= 0.3 is 0 Å². The molecule has 0 fully saturated rings. The van der Waals surface area contributed by atoms with E-state index in [1.807, 2.05) is 13.0 Å². The number of ketones is 2. The molecule has 0 bridgehead atoms. The molecule has 0 heterocycles. The molecule has 29 heavy (non-hydrogen) atoms. The molecule has 1 aliphatic carbocycles. The summed E-state index contributed by atoms with van der Waals surface area (Å²) in [7, 11) is 2.97. The number of carbonyl (C=O) groups excluding carboxylic acids is 2. The van der Waals surface area contributed by atoms with E-state index in [1.165, 1.54) is 14.2 Å². The molecule has 0 saturated heterocycles. The Morgan fingerprint density at radius 2 is 1.93 bits per heavy atom. The summed E-state index contributed by atoms with van der Waals surface area (Å²) in [6.07, 6.45) is 10.3. The zero-order chi connectivity index (χ0) is 22.1. The van der Waals surface area contributed by atoms with Gasteiger partial charge in [0.25, 0.3) is 0 Å². The number of terminal acetylenes is 1. The molecule has 6 nitrogen and oxygen atoms in total. The van der Waals surface area contributed by atoms with Crippen molar-refractivity contribution in [3.05, 3.63) is 23.3 Å². The van der Waals surface area contributed by atoms with Crippen molar-refractivity contribution in [3.8, 4) is 12.3 Å². The Balaban J connectivity index is 3.53. The molecule has 0 spiro atoms. The second kappa shape index (κ2) is 12.0. The summed E-state index contributed by atoms with van der Waals surface area (Å²) in [6.45, 7) is 5.33. The quantitative estimate of drug-likeness (QED) is 0.0748. The van der Waals surface area contributed by atoms with E-state index in [0.717, 1.165) is 22.8 Å². The third-order valence-electron chi connectivity index (χ3n) is 5.31. The van der Waals surface area contributed by atoms with E-state index < -0.39 is 22.9 Å². The van der Waals surface area contributed by atoms with Crippen LogP contribution < -0.4 is 0 Å². The monoisotopic (exact) mass is 518 g/mol. The predicted octanol–water partition coefficient (Wildman–Crippen LogP) is 3.62. The average Bonchev–Trinajstić information content (AvgIpc) is 2.69. The first-order valence-corrected chi connectivity index (χ1v) is 11.0. The van der Waals surface area contributed by atoms with Gasteiger partial charge in [-0.15, -0.1) is 6.42 Å². The summed E-state index contributed by atoms with van der Waals surface area (Å²) in [5.74, 6) is 1.47. The molecule has 2 atom stereocenters. The summed E-state index contributed by atoms with van der Waals surface area (Å²) in [5, 5.41) is 0. The van der Waals surface area contributed by atoms with Crippen molar-refractivity contribution in [1.82, 2.24) is 0 Å². The van der Waals surface area contributed by atoms with Crippen molar-refractivity contribution in [2.75, 3.05) is 32.2 Å². The fourth-order valence-electron chi connectivity index (χ4n) is 3.79. The number of carbonyl (C=O) groups is 2. The Bertz CT molecular complexity index is 688. The van der Waals surface area contributed by atoms with Crippen molar-refractivity contribution in [2.24, 2.45) is 5.41 Å². The first kappa shape index (κ1) is 26.0. The highest BCUT2D eigenvalue weighted by molar-refractivity contribution is 14.1. The van der Waals surface area contributed by atoms with E-state index in [9.17, 15) is 9.59 Å². The molecule has 0 aromatic rings. The molecular formula is C22H31IO6. The lowest BCUT2D eigenvalue weighted by atomic mass is 9.59. The summed E-state index contributed by atoms with van der Waals surface area (Å²) in [5.41, 5.74) is -1.24.